The summed E-state index contributed by atoms with van der Waals surface area (Å²) in [7, 11) is 2.22. The maximum absolute atomic E-state index is 4.52. The Labute approximate surface area is 92.3 Å². The van der Waals surface area contributed by atoms with Gasteiger partial charge in [0.25, 0.3) is 0 Å². The Kier molecular flexibility index (Phi) is 3.37. The lowest BCUT2D eigenvalue weighted by atomic mass is 10.0. The molecule has 2 nitrogen and oxygen atoms in total. The summed E-state index contributed by atoms with van der Waals surface area (Å²) in [4.78, 5) is 6.98. The minimum absolute atomic E-state index is 0.611. The third kappa shape index (κ3) is 2.20. The van der Waals surface area contributed by atoms with Crippen molar-refractivity contribution in [3.05, 3.63) is 29.6 Å². The summed E-state index contributed by atoms with van der Waals surface area (Å²) in [6.07, 6.45) is 6.82. The molecule has 0 bridgehead atoms. The van der Waals surface area contributed by atoms with E-state index in [4.69, 9.17) is 0 Å². The lowest BCUT2D eigenvalue weighted by Gasteiger charge is -2.21. The van der Waals surface area contributed by atoms with Crippen molar-refractivity contribution in [2.45, 2.75) is 38.6 Å². The third-order valence-electron chi connectivity index (χ3n) is 3.29. The van der Waals surface area contributed by atoms with Gasteiger partial charge in [0.15, 0.2) is 0 Å². The topological polar surface area (TPSA) is 16.1 Å². The van der Waals surface area contributed by atoms with Crippen molar-refractivity contribution in [2.75, 3.05) is 13.6 Å². The smallest absolute Gasteiger partial charge is 0.0451 e. The van der Waals surface area contributed by atoms with E-state index in [-0.39, 0.29) is 0 Å². The van der Waals surface area contributed by atoms with Gasteiger partial charge in [-0.2, -0.15) is 0 Å². The molecule has 0 spiro atoms. The summed E-state index contributed by atoms with van der Waals surface area (Å²) in [5.41, 5.74) is 2.76. The molecule has 0 aliphatic carbocycles. The van der Waals surface area contributed by atoms with Gasteiger partial charge in [0.05, 0.1) is 0 Å². The molecule has 0 N–H and O–H groups in total. The second-order valence-corrected chi connectivity index (χ2v) is 4.43. The highest BCUT2D eigenvalue weighted by molar-refractivity contribution is 5.24. The fourth-order valence-electron chi connectivity index (χ4n) is 2.50. The summed E-state index contributed by atoms with van der Waals surface area (Å²) in [5, 5.41) is 0. The molecule has 2 heteroatoms. The maximum atomic E-state index is 4.52. The first-order chi connectivity index (χ1) is 7.33. The maximum Gasteiger partial charge on any atom is 0.0451 e. The molecule has 0 amide bonds. The van der Waals surface area contributed by atoms with E-state index in [0.717, 1.165) is 6.42 Å². The number of hydrogen-bond donors (Lipinski definition) is 0. The lowest BCUT2D eigenvalue weighted by molar-refractivity contribution is 0.315. The number of aryl methyl sites for hydroxylation is 1. The number of pyridine rings is 1. The summed E-state index contributed by atoms with van der Waals surface area (Å²) in [6, 6.07) is 4.94. The van der Waals surface area contributed by atoms with Gasteiger partial charge in [0.1, 0.15) is 0 Å². The Hall–Kier alpha value is -0.890. The fraction of sp³-hybridized carbons (Fsp3) is 0.615. The molecule has 82 valence electrons. The molecule has 1 aromatic heterocycles. The quantitative estimate of drug-likeness (QED) is 0.752. The molecule has 0 saturated carbocycles. The Bertz CT molecular complexity index is 322. The first kappa shape index (κ1) is 10.6. The summed E-state index contributed by atoms with van der Waals surface area (Å²) >= 11 is 0. The minimum Gasteiger partial charge on any atom is -0.299 e. The number of hydrogen-bond acceptors (Lipinski definition) is 2. The van der Waals surface area contributed by atoms with Crippen molar-refractivity contribution in [2.24, 2.45) is 0 Å². The van der Waals surface area contributed by atoms with Crippen molar-refractivity contribution >= 4 is 0 Å². The van der Waals surface area contributed by atoms with Gasteiger partial charge >= 0.3 is 0 Å². The zero-order chi connectivity index (χ0) is 10.7. The van der Waals surface area contributed by atoms with Crippen LogP contribution in [0.1, 0.15) is 43.5 Å². The van der Waals surface area contributed by atoms with E-state index in [1.807, 2.05) is 6.20 Å². The Morgan fingerprint density at radius 3 is 3.07 bits per heavy atom. The molecule has 1 atom stereocenters. The summed E-state index contributed by atoms with van der Waals surface area (Å²) in [6.45, 7) is 3.45. The molecule has 1 aromatic rings. The molecule has 0 unspecified atom stereocenters. The van der Waals surface area contributed by atoms with Gasteiger partial charge in [-0.25, -0.2) is 0 Å². The number of rotatable bonds is 3. The van der Waals surface area contributed by atoms with Gasteiger partial charge in [-0.3, -0.25) is 9.88 Å². The summed E-state index contributed by atoms with van der Waals surface area (Å²) < 4.78 is 0. The molecule has 0 aromatic carbocycles. The van der Waals surface area contributed by atoms with Crippen molar-refractivity contribution in [3.63, 3.8) is 0 Å². The molecule has 1 saturated heterocycles. The Morgan fingerprint density at radius 1 is 1.53 bits per heavy atom. The summed E-state index contributed by atoms with van der Waals surface area (Å²) in [5.74, 6) is 0. The number of aromatic nitrogens is 1. The van der Waals surface area contributed by atoms with Crippen LogP contribution in [0.25, 0.3) is 0 Å². The van der Waals surface area contributed by atoms with Gasteiger partial charge in [-0.05, 0) is 44.5 Å². The molecular weight excluding hydrogens is 184 g/mol. The molecule has 0 radical (unpaired) electrons. The van der Waals surface area contributed by atoms with Crippen LogP contribution in [0.3, 0.4) is 0 Å². The van der Waals surface area contributed by atoms with Crippen molar-refractivity contribution in [1.82, 2.24) is 9.88 Å². The van der Waals surface area contributed by atoms with Crippen LogP contribution in [-0.2, 0) is 6.42 Å². The second kappa shape index (κ2) is 4.75. The van der Waals surface area contributed by atoms with Gasteiger partial charge in [-0.15, -0.1) is 0 Å². The molecule has 2 heterocycles. The average Bonchev–Trinajstić information content (AvgIpc) is 2.66. The first-order valence-corrected chi connectivity index (χ1v) is 5.97. The van der Waals surface area contributed by atoms with Crippen LogP contribution >= 0.6 is 0 Å². The first-order valence-electron chi connectivity index (χ1n) is 5.97. The third-order valence-corrected chi connectivity index (χ3v) is 3.29. The minimum atomic E-state index is 0.611. The molecule has 1 fully saturated rings. The van der Waals surface area contributed by atoms with Crippen LogP contribution in [0, 0.1) is 0 Å². The lowest BCUT2D eigenvalue weighted by Crippen LogP contribution is -2.19. The standard InChI is InChI=1S/C13H20N2/c1-3-6-12-11(7-4-9-14-12)13-8-5-10-15(13)2/h4,7,9,13H,3,5-6,8,10H2,1-2H3/t13-/m0/s1. The van der Waals surface area contributed by atoms with E-state index in [9.17, 15) is 0 Å². The van der Waals surface area contributed by atoms with Crippen LogP contribution in [0.5, 0.6) is 0 Å². The predicted molar refractivity (Wildman–Crippen MR) is 62.8 cm³/mol. The van der Waals surface area contributed by atoms with Crippen molar-refractivity contribution in [1.29, 1.82) is 0 Å². The SMILES string of the molecule is CCCc1ncccc1[C@@H]1CCCN1C. The van der Waals surface area contributed by atoms with Crippen LogP contribution in [0.4, 0.5) is 0 Å². The molecule has 2 rings (SSSR count). The van der Waals surface area contributed by atoms with Crippen LogP contribution in [-0.4, -0.2) is 23.5 Å². The Morgan fingerprint density at radius 2 is 2.40 bits per heavy atom. The molecular formula is C13H20N2. The highest BCUT2D eigenvalue weighted by atomic mass is 15.1. The van der Waals surface area contributed by atoms with E-state index in [1.165, 1.54) is 37.1 Å². The van der Waals surface area contributed by atoms with Crippen LogP contribution < -0.4 is 0 Å². The van der Waals surface area contributed by atoms with Crippen molar-refractivity contribution in [3.8, 4) is 0 Å². The van der Waals surface area contributed by atoms with Gasteiger partial charge in [-0.1, -0.05) is 19.4 Å². The van der Waals surface area contributed by atoms with Gasteiger partial charge < -0.3 is 0 Å². The molecule has 15 heavy (non-hydrogen) atoms. The molecule has 1 aliphatic rings. The number of likely N-dealkylation sites (tertiary alicyclic amines) is 1. The predicted octanol–water partition coefficient (Wildman–Crippen LogP) is 2.80. The van der Waals surface area contributed by atoms with Gasteiger partial charge in [0.2, 0.25) is 0 Å². The highest BCUT2D eigenvalue weighted by Crippen LogP contribution is 2.31. The van der Waals surface area contributed by atoms with Crippen LogP contribution in [0.15, 0.2) is 18.3 Å². The largest absolute Gasteiger partial charge is 0.299 e. The van der Waals surface area contributed by atoms with E-state index < -0.39 is 0 Å². The highest BCUT2D eigenvalue weighted by Gasteiger charge is 2.24. The normalized spacial score (nSPS) is 22.1. The van der Waals surface area contributed by atoms with E-state index in [1.54, 1.807) is 0 Å². The Balaban J connectivity index is 2.25. The zero-order valence-corrected chi connectivity index (χ0v) is 9.74. The van der Waals surface area contributed by atoms with Gasteiger partial charge in [0, 0.05) is 17.9 Å². The second-order valence-electron chi connectivity index (χ2n) is 4.43. The average molecular weight is 204 g/mol. The van der Waals surface area contributed by atoms with E-state index >= 15 is 0 Å². The molecule has 1 aliphatic heterocycles. The van der Waals surface area contributed by atoms with Crippen LogP contribution in [0.2, 0.25) is 0 Å². The monoisotopic (exact) mass is 204 g/mol. The van der Waals surface area contributed by atoms with E-state index in [2.05, 4.69) is 36.0 Å². The fourth-order valence-corrected chi connectivity index (χ4v) is 2.50. The van der Waals surface area contributed by atoms with Crippen molar-refractivity contribution < 1.29 is 0 Å². The zero-order valence-electron chi connectivity index (χ0n) is 9.74. The van der Waals surface area contributed by atoms with E-state index in [0.29, 0.717) is 6.04 Å². The number of nitrogens with zero attached hydrogens (tertiary/aromatic N) is 2.